The van der Waals surface area contributed by atoms with Crippen molar-refractivity contribution in [3.8, 4) is 11.3 Å². The molecule has 1 aliphatic carbocycles. The Kier molecular flexibility index (Phi) is 5.26. The van der Waals surface area contributed by atoms with E-state index in [9.17, 15) is 23.5 Å². The molecule has 5 rings (SSSR count). The third-order valence-corrected chi connectivity index (χ3v) is 6.21. The first-order valence-electron chi connectivity index (χ1n) is 10.9. The Bertz CT molecular complexity index is 1210. The monoisotopic (exact) mass is 454 g/mol. The number of fused-ring (bicyclic) bond motifs is 1. The Labute approximate surface area is 188 Å². The van der Waals surface area contributed by atoms with E-state index in [1.807, 2.05) is 12.1 Å². The molecule has 9 heteroatoms. The van der Waals surface area contributed by atoms with Gasteiger partial charge in [-0.25, -0.2) is 8.78 Å². The molecule has 0 unspecified atom stereocenters. The lowest BCUT2D eigenvalue weighted by atomic mass is 10.0. The summed E-state index contributed by atoms with van der Waals surface area (Å²) in [6.07, 6.45) is 1.59. The Hall–Kier alpha value is -3.49. The number of hydrogen-bond acceptors (Lipinski definition) is 5. The van der Waals surface area contributed by atoms with E-state index in [0.29, 0.717) is 22.9 Å². The number of carbonyl (C=O) groups excluding carboxylic acids is 2. The second-order valence-electron chi connectivity index (χ2n) is 8.69. The fraction of sp³-hybridized carbons (Fsp3) is 0.375. The lowest BCUT2D eigenvalue weighted by Gasteiger charge is -2.31. The van der Waals surface area contributed by atoms with Gasteiger partial charge in [0.25, 0.3) is 11.8 Å². The van der Waals surface area contributed by atoms with E-state index >= 15 is 0 Å². The van der Waals surface area contributed by atoms with E-state index in [1.54, 1.807) is 18.2 Å². The van der Waals surface area contributed by atoms with Crippen LogP contribution in [0, 0.1) is 0 Å². The second-order valence-corrected chi connectivity index (χ2v) is 8.69. The van der Waals surface area contributed by atoms with Gasteiger partial charge in [0.05, 0.1) is 17.8 Å². The summed E-state index contributed by atoms with van der Waals surface area (Å²) in [5, 5.41) is 13.7. The number of furan rings is 1. The van der Waals surface area contributed by atoms with Crippen LogP contribution in [-0.2, 0) is 6.54 Å². The van der Waals surface area contributed by atoms with Crippen LogP contribution in [0.25, 0.3) is 22.2 Å². The van der Waals surface area contributed by atoms with Gasteiger partial charge >= 0.3 is 0 Å². The van der Waals surface area contributed by atoms with Gasteiger partial charge in [-0.1, -0.05) is 0 Å². The number of nitrogens with one attached hydrogen (secondary N) is 1. The molecule has 2 aromatic heterocycles. The van der Waals surface area contributed by atoms with Gasteiger partial charge in [-0.05, 0) is 54.7 Å². The summed E-state index contributed by atoms with van der Waals surface area (Å²) in [5.41, 5.74) is 3.70. The number of benzene rings is 1. The number of carboxylic acid groups (broad SMARTS) is 1. The Morgan fingerprint density at radius 2 is 1.94 bits per heavy atom. The van der Waals surface area contributed by atoms with Crippen LogP contribution < -0.4 is 10.4 Å². The summed E-state index contributed by atoms with van der Waals surface area (Å²) in [4.78, 5) is 29.3. The Morgan fingerprint density at radius 1 is 1.18 bits per heavy atom. The SMILES string of the molecule is O=C([O-])NCc1cc2cc(-c3ccc(C(=O)N4CCC(F)(F)CC4)cn3)cc(C3CC3)c2o1. The minimum atomic E-state index is -2.70. The smallest absolute Gasteiger partial charge is 0.255 e. The zero-order valence-corrected chi connectivity index (χ0v) is 17.8. The Morgan fingerprint density at radius 3 is 2.58 bits per heavy atom. The zero-order valence-electron chi connectivity index (χ0n) is 17.8. The van der Waals surface area contributed by atoms with Crippen molar-refractivity contribution in [1.29, 1.82) is 0 Å². The first kappa shape index (κ1) is 21.4. The van der Waals surface area contributed by atoms with Crippen LogP contribution >= 0.6 is 0 Å². The lowest BCUT2D eigenvalue weighted by Crippen LogP contribution is -2.42. The molecule has 3 heterocycles. The van der Waals surface area contributed by atoms with Crippen molar-refractivity contribution < 1.29 is 27.9 Å². The number of halogens is 2. The van der Waals surface area contributed by atoms with Crippen molar-refractivity contribution in [2.45, 2.75) is 44.1 Å². The molecule has 3 aromatic rings. The van der Waals surface area contributed by atoms with Crippen molar-refractivity contribution in [3.63, 3.8) is 0 Å². The van der Waals surface area contributed by atoms with E-state index < -0.39 is 12.0 Å². The van der Waals surface area contributed by atoms with Gasteiger partial charge in [-0.15, -0.1) is 0 Å². The number of amides is 2. The number of alkyl halides is 2. The number of aromatic nitrogens is 1. The van der Waals surface area contributed by atoms with Crippen molar-refractivity contribution in [3.05, 3.63) is 53.4 Å². The summed E-state index contributed by atoms with van der Waals surface area (Å²) in [5.74, 6) is -2.11. The molecular weight excluding hydrogens is 432 g/mol. The number of hydrogen-bond donors (Lipinski definition) is 1. The molecule has 1 aromatic carbocycles. The molecule has 2 fully saturated rings. The van der Waals surface area contributed by atoms with Gasteiger partial charge in [-0.2, -0.15) is 0 Å². The molecule has 2 amide bonds. The number of pyridine rings is 1. The lowest BCUT2D eigenvalue weighted by molar-refractivity contribution is -0.251. The Balaban J connectivity index is 1.39. The van der Waals surface area contributed by atoms with Crippen LogP contribution in [0.3, 0.4) is 0 Å². The number of nitrogens with zero attached hydrogens (tertiary/aromatic N) is 2. The minimum absolute atomic E-state index is 0.0218. The molecule has 0 radical (unpaired) electrons. The average Bonchev–Trinajstić information content (AvgIpc) is 3.55. The van der Waals surface area contributed by atoms with E-state index in [4.69, 9.17) is 4.42 Å². The van der Waals surface area contributed by atoms with Crippen molar-refractivity contribution in [2.24, 2.45) is 0 Å². The van der Waals surface area contributed by atoms with E-state index in [2.05, 4.69) is 10.3 Å². The summed E-state index contributed by atoms with van der Waals surface area (Å²) in [7, 11) is 0. The maximum atomic E-state index is 13.4. The van der Waals surface area contributed by atoms with E-state index in [0.717, 1.165) is 34.9 Å². The van der Waals surface area contributed by atoms with Crippen molar-refractivity contribution in [1.82, 2.24) is 15.2 Å². The molecule has 1 saturated heterocycles. The number of carbonyl (C=O) groups is 2. The van der Waals surface area contributed by atoms with Crippen molar-refractivity contribution in [2.75, 3.05) is 13.1 Å². The van der Waals surface area contributed by atoms with Crippen LogP contribution in [0.1, 0.15) is 53.3 Å². The summed E-state index contributed by atoms with van der Waals surface area (Å²) < 4.78 is 32.7. The number of piperidine rings is 1. The van der Waals surface area contributed by atoms with Crippen molar-refractivity contribution >= 4 is 23.0 Å². The topological polar surface area (TPSA) is 98.5 Å². The van der Waals surface area contributed by atoms with Crippen LogP contribution in [0.15, 0.2) is 40.9 Å². The minimum Gasteiger partial charge on any atom is -0.530 e. The highest BCUT2D eigenvalue weighted by Gasteiger charge is 2.36. The molecule has 0 bridgehead atoms. The summed E-state index contributed by atoms with van der Waals surface area (Å²) >= 11 is 0. The van der Waals surface area contributed by atoms with E-state index in [1.165, 1.54) is 11.1 Å². The van der Waals surface area contributed by atoms with Gasteiger partial charge in [0, 0.05) is 43.1 Å². The molecule has 1 aliphatic heterocycles. The predicted octanol–water partition coefficient (Wildman–Crippen LogP) is 3.68. The van der Waals surface area contributed by atoms with Gasteiger partial charge in [0.15, 0.2) is 0 Å². The average molecular weight is 454 g/mol. The number of rotatable bonds is 5. The molecule has 0 atom stereocenters. The third-order valence-electron chi connectivity index (χ3n) is 6.21. The van der Waals surface area contributed by atoms with Gasteiger partial charge in [0.2, 0.25) is 0 Å². The highest BCUT2D eigenvalue weighted by atomic mass is 19.3. The molecule has 7 nitrogen and oxygen atoms in total. The van der Waals surface area contributed by atoms with E-state index in [-0.39, 0.29) is 38.4 Å². The third kappa shape index (κ3) is 4.53. The quantitative estimate of drug-likeness (QED) is 0.634. The highest BCUT2D eigenvalue weighted by molar-refractivity contribution is 5.94. The van der Waals surface area contributed by atoms with Crippen LogP contribution in [0.2, 0.25) is 0 Å². The zero-order chi connectivity index (χ0) is 23.2. The summed E-state index contributed by atoms with van der Waals surface area (Å²) in [6, 6.07) is 9.16. The molecular formula is C24H22F2N3O4-. The highest BCUT2D eigenvalue weighted by Crippen LogP contribution is 2.45. The fourth-order valence-electron chi connectivity index (χ4n) is 4.24. The molecule has 0 spiro atoms. The molecule has 172 valence electrons. The molecule has 1 saturated carbocycles. The molecule has 1 N–H and O–H groups in total. The first-order chi connectivity index (χ1) is 15.8. The predicted molar refractivity (Wildman–Crippen MR) is 114 cm³/mol. The van der Waals surface area contributed by atoms with Crippen LogP contribution in [-0.4, -0.2) is 40.9 Å². The fourth-order valence-corrected chi connectivity index (χ4v) is 4.24. The van der Waals surface area contributed by atoms with Crippen LogP contribution in [0.5, 0.6) is 0 Å². The summed E-state index contributed by atoms with van der Waals surface area (Å²) in [6.45, 7) is 0.0865. The standard InChI is InChI=1S/C24H23F2N3O4/c25-24(26)5-7-29(8-6-24)22(30)15-3-4-20(27-12-15)16-9-17-10-18(13-28-23(31)32)33-21(17)19(11-16)14-1-2-14/h3-4,9-12,14,28H,1-2,5-8,13H2,(H,31,32)/p-1. The normalized spacial score (nSPS) is 17.8. The maximum absolute atomic E-state index is 13.4. The first-order valence-corrected chi connectivity index (χ1v) is 10.9. The second kappa shape index (κ2) is 8.13. The van der Waals surface area contributed by atoms with Gasteiger partial charge in [-0.3, -0.25) is 9.78 Å². The van der Waals surface area contributed by atoms with Gasteiger partial charge < -0.3 is 24.5 Å². The largest absolute Gasteiger partial charge is 0.530 e. The molecule has 33 heavy (non-hydrogen) atoms. The molecule has 2 aliphatic rings. The van der Waals surface area contributed by atoms with Crippen LogP contribution in [0.4, 0.5) is 13.6 Å². The maximum Gasteiger partial charge on any atom is 0.255 e. The van der Waals surface area contributed by atoms with Gasteiger partial charge in [0.1, 0.15) is 17.4 Å². The number of likely N-dealkylation sites (tertiary alicyclic amines) is 1.